The fourth-order valence-electron chi connectivity index (χ4n) is 3.01. The Hall–Kier alpha value is -2.55. The molecule has 7 nitrogen and oxygen atoms in total. The first-order valence-corrected chi connectivity index (χ1v) is 10.2. The third-order valence-electron chi connectivity index (χ3n) is 4.56. The van der Waals surface area contributed by atoms with Crippen LogP contribution in [0.15, 0.2) is 45.7 Å². The number of benzene rings is 1. The predicted molar refractivity (Wildman–Crippen MR) is 109 cm³/mol. The number of amides is 3. The van der Waals surface area contributed by atoms with Gasteiger partial charge in [0.2, 0.25) is 5.91 Å². The molecule has 0 atom stereocenters. The van der Waals surface area contributed by atoms with Crippen molar-refractivity contribution in [1.29, 1.82) is 0 Å². The summed E-state index contributed by atoms with van der Waals surface area (Å²) in [5.74, 6) is 0.306. The Morgan fingerprint density at radius 2 is 1.83 bits per heavy atom. The fraction of sp³-hybridized carbons (Fsp3) is 0.250. The number of carbonyl (C=O) groups excluding carboxylic acids is 3. The SMILES string of the molecule is O=C(CN1C(=O)S/C(=C\c2ccc(-c3ccc(Cl)cc3)o2)C1=O)N1CCOCC1. The molecule has 2 aromatic rings. The topological polar surface area (TPSA) is 80.1 Å². The summed E-state index contributed by atoms with van der Waals surface area (Å²) in [6.07, 6.45) is 1.52. The number of carbonyl (C=O) groups is 3. The van der Waals surface area contributed by atoms with Gasteiger partial charge in [-0.05, 0) is 48.2 Å². The van der Waals surface area contributed by atoms with Crippen LogP contribution in [-0.4, -0.2) is 59.7 Å². The summed E-state index contributed by atoms with van der Waals surface area (Å²) in [4.78, 5) is 40.0. The molecule has 0 radical (unpaired) electrons. The second-order valence-electron chi connectivity index (χ2n) is 6.47. The van der Waals surface area contributed by atoms with Crippen LogP contribution < -0.4 is 0 Å². The Labute approximate surface area is 176 Å². The van der Waals surface area contributed by atoms with Gasteiger partial charge in [-0.2, -0.15) is 0 Å². The fourth-order valence-corrected chi connectivity index (χ4v) is 3.96. The van der Waals surface area contributed by atoms with Crippen LogP contribution >= 0.6 is 23.4 Å². The average molecular weight is 433 g/mol. The Morgan fingerprint density at radius 3 is 2.55 bits per heavy atom. The molecule has 2 saturated heterocycles. The molecule has 3 amide bonds. The lowest BCUT2D eigenvalue weighted by Gasteiger charge is -2.27. The van der Waals surface area contributed by atoms with E-state index < -0.39 is 11.1 Å². The molecule has 0 unspecified atom stereocenters. The van der Waals surface area contributed by atoms with Gasteiger partial charge in [0.1, 0.15) is 18.1 Å². The highest BCUT2D eigenvalue weighted by molar-refractivity contribution is 8.18. The maximum Gasteiger partial charge on any atom is 0.294 e. The number of hydrogen-bond donors (Lipinski definition) is 0. The Bertz CT molecular complexity index is 979. The molecule has 0 aliphatic carbocycles. The minimum atomic E-state index is -0.494. The van der Waals surface area contributed by atoms with E-state index in [9.17, 15) is 14.4 Å². The number of hydrogen-bond acceptors (Lipinski definition) is 6. The largest absolute Gasteiger partial charge is 0.457 e. The van der Waals surface area contributed by atoms with Crippen molar-refractivity contribution in [3.8, 4) is 11.3 Å². The number of ether oxygens (including phenoxy) is 1. The van der Waals surface area contributed by atoms with E-state index in [4.69, 9.17) is 20.8 Å². The second-order valence-corrected chi connectivity index (χ2v) is 7.90. The first kappa shape index (κ1) is 19.8. The van der Waals surface area contributed by atoms with Gasteiger partial charge in [0.05, 0.1) is 18.1 Å². The number of morpholine rings is 1. The molecule has 9 heteroatoms. The van der Waals surface area contributed by atoms with Gasteiger partial charge < -0.3 is 14.1 Å². The average Bonchev–Trinajstić information content (AvgIpc) is 3.29. The molecule has 4 rings (SSSR count). The van der Waals surface area contributed by atoms with Crippen molar-refractivity contribution >= 4 is 46.5 Å². The first-order valence-electron chi connectivity index (χ1n) is 8.98. The third kappa shape index (κ3) is 4.39. The zero-order valence-corrected chi connectivity index (χ0v) is 16.9. The van der Waals surface area contributed by atoms with E-state index in [-0.39, 0.29) is 17.4 Å². The lowest BCUT2D eigenvalue weighted by atomic mass is 10.2. The number of rotatable bonds is 4. The van der Waals surface area contributed by atoms with Crippen molar-refractivity contribution in [2.75, 3.05) is 32.8 Å². The molecule has 29 heavy (non-hydrogen) atoms. The van der Waals surface area contributed by atoms with Crippen molar-refractivity contribution in [2.24, 2.45) is 0 Å². The van der Waals surface area contributed by atoms with Crippen molar-refractivity contribution in [1.82, 2.24) is 9.80 Å². The quantitative estimate of drug-likeness (QED) is 0.688. The van der Waals surface area contributed by atoms with Gasteiger partial charge in [-0.1, -0.05) is 11.6 Å². The number of thioether (sulfide) groups is 1. The van der Waals surface area contributed by atoms with Crippen molar-refractivity contribution in [2.45, 2.75) is 0 Å². The van der Waals surface area contributed by atoms with E-state index in [2.05, 4.69) is 0 Å². The van der Waals surface area contributed by atoms with E-state index in [1.54, 1.807) is 29.2 Å². The summed E-state index contributed by atoms with van der Waals surface area (Å²) in [7, 11) is 0. The van der Waals surface area contributed by atoms with Gasteiger partial charge in [-0.15, -0.1) is 0 Å². The molecule has 150 valence electrons. The molecular weight excluding hydrogens is 416 g/mol. The van der Waals surface area contributed by atoms with Gasteiger partial charge in [-0.3, -0.25) is 19.3 Å². The normalized spacial score (nSPS) is 18.7. The maximum atomic E-state index is 12.6. The maximum absolute atomic E-state index is 12.6. The van der Waals surface area contributed by atoms with E-state index in [1.165, 1.54) is 6.08 Å². The monoisotopic (exact) mass is 432 g/mol. The zero-order valence-electron chi connectivity index (χ0n) is 15.3. The Kier molecular flexibility index (Phi) is 5.75. The van der Waals surface area contributed by atoms with E-state index in [1.807, 2.05) is 12.1 Å². The van der Waals surface area contributed by atoms with Crippen LogP contribution in [0.3, 0.4) is 0 Å². The van der Waals surface area contributed by atoms with Crippen LogP contribution in [0.1, 0.15) is 5.76 Å². The summed E-state index contributed by atoms with van der Waals surface area (Å²) < 4.78 is 11.0. The minimum Gasteiger partial charge on any atom is -0.457 e. The van der Waals surface area contributed by atoms with Crippen molar-refractivity contribution in [3.63, 3.8) is 0 Å². The summed E-state index contributed by atoms with van der Waals surface area (Å²) in [6.45, 7) is 1.58. The van der Waals surface area contributed by atoms with Crippen molar-refractivity contribution in [3.05, 3.63) is 52.1 Å². The molecule has 3 heterocycles. The summed E-state index contributed by atoms with van der Waals surface area (Å²) in [6, 6.07) is 10.7. The third-order valence-corrected chi connectivity index (χ3v) is 5.72. The highest BCUT2D eigenvalue weighted by Gasteiger charge is 2.37. The second kappa shape index (κ2) is 8.44. The van der Waals surface area contributed by atoms with Crippen LogP contribution in [0.4, 0.5) is 4.79 Å². The first-order chi connectivity index (χ1) is 14.0. The lowest BCUT2D eigenvalue weighted by molar-refractivity contribution is -0.139. The summed E-state index contributed by atoms with van der Waals surface area (Å²) in [5.41, 5.74) is 0.846. The van der Waals surface area contributed by atoms with Crippen LogP contribution in [0.5, 0.6) is 0 Å². The summed E-state index contributed by atoms with van der Waals surface area (Å²) >= 11 is 6.69. The molecule has 1 aromatic heterocycles. The number of nitrogens with zero attached hydrogens (tertiary/aromatic N) is 2. The van der Waals surface area contributed by atoms with Crippen LogP contribution in [-0.2, 0) is 14.3 Å². The minimum absolute atomic E-state index is 0.224. The van der Waals surface area contributed by atoms with E-state index >= 15 is 0 Å². The van der Waals surface area contributed by atoms with Gasteiger partial charge in [0, 0.05) is 29.8 Å². The molecule has 0 bridgehead atoms. The van der Waals surface area contributed by atoms with Crippen LogP contribution in [0.25, 0.3) is 17.4 Å². The number of furan rings is 1. The van der Waals surface area contributed by atoms with Crippen LogP contribution in [0.2, 0.25) is 5.02 Å². The van der Waals surface area contributed by atoms with Gasteiger partial charge in [0.25, 0.3) is 11.1 Å². The van der Waals surface area contributed by atoms with E-state index in [0.29, 0.717) is 42.8 Å². The molecule has 0 saturated carbocycles. The Morgan fingerprint density at radius 1 is 1.10 bits per heavy atom. The number of imide groups is 1. The highest BCUT2D eigenvalue weighted by atomic mass is 35.5. The zero-order chi connectivity index (χ0) is 20.4. The van der Waals surface area contributed by atoms with Crippen molar-refractivity contribution < 1.29 is 23.5 Å². The molecule has 2 aliphatic rings. The molecule has 0 spiro atoms. The number of halogens is 1. The van der Waals surface area contributed by atoms with E-state index in [0.717, 1.165) is 22.2 Å². The molecule has 2 fully saturated rings. The Balaban J connectivity index is 1.46. The predicted octanol–water partition coefficient (Wildman–Crippen LogP) is 3.50. The lowest BCUT2D eigenvalue weighted by Crippen LogP contribution is -2.46. The summed E-state index contributed by atoms with van der Waals surface area (Å²) in [5, 5.41) is 0.160. The molecule has 0 N–H and O–H groups in total. The smallest absolute Gasteiger partial charge is 0.294 e. The molecule has 2 aliphatic heterocycles. The molecule has 1 aromatic carbocycles. The standard InChI is InChI=1S/C20H17ClN2O5S/c21-14-3-1-13(2-4-14)16-6-5-15(28-16)11-17-19(25)23(20(26)29-17)12-18(24)22-7-9-27-10-8-22/h1-6,11H,7-10,12H2/b17-11-. The van der Waals surface area contributed by atoms with Gasteiger partial charge in [0.15, 0.2) is 0 Å². The highest BCUT2D eigenvalue weighted by Crippen LogP contribution is 2.33. The van der Waals surface area contributed by atoms with Gasteiger partial charge in [-0.25, -0.2) is 0 Å². The molecular formula is C20H17ClN2O5S. The van der Waals surface area contributed by atoms with Crippen LogP contribution in [0, 0.1) is 0 Å². The van der Waals surface area contributed by atoms with Gasteiger partial charge >= 0.3 is 0 Å².